The Kier molecular flexibility index (Phi) is 3.73. The molecule has 0 saturated heterocycles. The van der Waals surface area contributed by atoms with Gasteiger partial charge < -0.3 is 10.4 Å². The van der Waals surface area contributed by atoms with E-state index in [0.717, 1.165) is 11.3 Å². The Morgan fingerprint density at radius 2 is 2.15 bits per heavy atom. The molecule has 0 fully saturated rings. The van der Waals surface area contributed by atoms with Crippen molar-refractivity contribution < 1.29 is 9.90 Å². The average Bonchev–Trinajstić information content (AvgIpc) is 2.19. The summed E-state index contributed by atoms with van der Waals surface area (Å²) >= 11 is 0. The van der Waals surface area contributed by atoms with Gasteiger partial charge in [0.15, 0.2) is 0 Å². The molecule has 0 saturated carbocycles. The third-order valence-electron chi connectivity index (χ3n) is 1.60. The summed E-state index contributed by atoms with van der Waals surface area (Å²) in [5.41, 5.74) is 1.61. The van der Waals surface area contributed by atoms with E-state index >= 15 is 0 Å². The second-order valence-electron chi connectivity index (χ2n) is 2.45. The molecule has 1 aromatic carbocycles. The number of aliphatic hydroxyl groups excluding tert-OH is 1. The van der Waals surface area contributed by atoms with Gasteiger partial charge in [-0.25, -0.2) is 0 Å². The molecule has 0 unspecified atom stereocenters. The third kappa shape index (κ3) is 2.72. The monoisotopic (exact) mass is 177 g/mol. The summed E-state index contributed by atoms with van der Waals surface area (Å²) in [5.74, 6) is 0. The van der Waals surface area contributed by atoms with E-state index in [-0.39, 0.29) is 6.61 Å². The van der Waals surface area contributed by atoms with Crippen molar-refractivity contribution in [3.8, 4) is 0 Å². The van der Waals surface area contributed by atoms with E-state index in [9.17, 15) is 4.79 Å². The number of aldehydes is 1. The van der Waals surface area contributed by atoms with Crippen LogP contribution < -0.4 is 5.32 Å². The van der Waals surface area contributed by atoms with Crippen molar-refractivity contribution in [1.82, 2.24) is 0 Å². The van der Waals surface area contributed by atoms with Crippen LogP contribution in [0.5, 0.6) is 0 Å². The van der Waals surface area contributed by atoms with Crippen LogP contribution in [0.2, 0.25) is 0 Å². The number of hydrogen-bond acceptors (Lipinski definition) is 3. The summed E-state index contributed by atoms with van der Waals surface area (Å²) < 4.78 is 0. The number of nitrogens with one attached hydrogen (secondary N) is 1. The van der Waals surface area contributed by atoms with E-state index in [0.29, 0.717) is 6.29 Å². The predicted molar refractivity (Wildman–Crippen MR) is 51.2 cm³/mol. The number of anilines is 1. The summed E-state index contributed by atoms with van der Waals surface area (Å²) in [6, 6.07) is 7.36. The zero-order valence-corrected chi connectivity index (χ0v) is 7.10. The summed E-state index contributed by atoms with van der Waals surface area (Å²) in [5, 5.41) is 11.8. The lowest BCUT2D eigenvalue weighted by Crippen LogP contribution is -1.93. The SMILES string of the molecule is O=C/C=C\Nc1ccccc1CO. The van der Waals surface area contributed by atoms with E-state index < -0.39 is 0 Å². The van der Waals surface area contributed by atoms with Crippen molar-refractivity contribution in [2.24, 2.45) is 0 Å². The van der Waals surface area contributed by atoms with Gasteiger partial charge in [-0.2, -0.15) is 0 Å². The first-order chi connectivity index (χ1) is 6.38. The van der Waals surface area contributed by atoms with Gasteiger partial charge in [-0.15, -0.1) is 0 Å². The van der Waals surface area contributed by atoms with Crippen molar-refractivity contribution in [3.63, 3.8) is 0 Å². The maximum atomic E-state index is 9.97. The van der Waals surface area contributed by atoms with E-state index in [1.807, 2.05) is 24.3 Å². The second-order valence-corrected chi connectivity index (χ2v) is 2.45. The molecule has 0 spiro atoms. The minimum atomic E-state index is -0.0158. The van der Waals surface area contributed by atoms with Crippen LogP contribution in [0.15, 0.2) is 36.5 Å². The average molecular weight is 177 g/mol. The van der Waals surface area contributed by atoms with Gasteiger partial charge in [-0.1, -0.05) is 18.2 Å². The standard InChI is InChI=1S/C10H11NO2/c12-7-3-6-11-10-5-2-1-4-9(10)8-13/h1-7,11,13H,8H2/b6-3-. The van der Waals surface area contributed by atoms with Crippen molar-refractivity contribution in [1.29, 1.82) is 0 Å². The highest BCUT2D eigenvalue weighted by molar-refractivity contribution is 5.66. The van der Waals surface area contributed by atoms with Crippen molar-refractivity contribution >= 4 is 12.0 Å². The lowest BCUT2D eigenvalue weighted by atomic mass is 10.2. The zero-order chi connectivity index (χ0) is 9.52. The van der Waals surface area contributed by atoms with Gasteiger partial charge in [0.25, 0.3) is 0 Å². The molecule has 0 atom stereocenters. The highest BCUT2D eigenvalue weighted by Gasteiger charge is 1.95. The largest absolute Gasteiger partial charge is 0.392 e. The quantitative estimate of drug-likeness (QED) is 0.538. The Balaban J connectivity index is 2.74. The minimum Gasteiger partial charge on any atom is -0.392 e. The Hall–Kier alpha value is -1.61. The van der Waals surface area contributed by atoms with Crippen LogP contribution in [0, 0.1) is 0 Å². The second kappa shape index (κ2) is 5.11. The van der Waals surface area contributed by atoms with Gasteiger partial charge in [-0.05, 0) is 12.1 Å². The molecule has 2 N–H and O–H groups in total. The fraction of sp³-hybridized carbons (Fsp3) is 0.100. The summed E-state index contributed by atoms with van der Waals surface area (Å²) in [6.07, 6.45) is 3.57. The van der Waals surface area contributed by atoms with E-state index in [2.05, 4.69) is 5.32 Å². The Bertz CT molecular complexity index is 308. The first-order valence-corrected chi connectivity index (χ1v) is 3.94. The summed E-state index contributed by atoms with van der Waals surface area (Å²) in [7, 11) is 0. The fourth-order valence-electron chi connectivity index (χ4n) is 0.976. The minimum absolute atomic E-state index is 0.0158. The van der Waals surface area contributed by atoms with Crippen LogP contribution in [0.25, 0.3) is 0 Å². The highest BCUT2D eigenvalue weighted by Crippen LogP contribution is 2.14. The normalized spacial score (nSPS) is 10.2. The fourth-order valence-corrected chi connectivity index (χ4v) is 0.976. The lowest BCUT2D eigenvalue weighted by molar-refractivity contribution is -0.104. The molecule has 0 aromatic heterocycles. The van der Waals surface area contributed by atoms with E-state index in [1.54, 1.807) is 0 Å². The lowest BCUT2D eigenvalue weighted by Gasteiger charge is -2.05. The molecule has 0 aliphatic rings. The Morgan fingerprint density at radius 1 is 1.38 bits per heavy atom. The maximum absolute atomic E-state index is 9.97. The van der Waals surface area contributed by atoms with Crippen LogP contribution in [0.4, 0.5) is 5.69 Å². The molecule has 0 amide bonds. The molecular weight excluding hydrogens is 166 g/mol. The van der Waals surface area contributed by atoms with E-state index in [1.165, 1.54) is 12.3 Å². The highest BCUT2D eigenvalue weighted by atomic mass is 16.3. The molecule has 68 valence electrons. The number of carbonyl (C=O) groups is 1. The molecular formula is C10H11NO2. The van der Waals surface area contributed by atoms with Crippen LogP contribution in [0.3, 0.4) is 0 Å². The summed E-state index contributed by atoms with van der Waals surface area (Å²) in [4.78, 5) is 9.97. The van der Waals surface area contributed by atoms with Crippen molar-refractivity contribution in [2.75, 3.05) is 5.32 Å². The molecule has 0 heterocycles. The molecule has 1 aromatic rings. The Morgan fingerprint density at radius 3 is 2.85 bits per heavy atom. The van der Waals surface area contributed by atoms with Gasteiger partial charge in [0.2, 0.25) is 0 Å². The van der Waals surface area contributed by atoms with Crippen LogP contribution in [-0.4, -0.2) is 11.4 Å². The van der Waals surface area contributed by atoms with Gasteiger partial charge >= 0.3 is 0 Å². The van der Waals surface area contributed by atoms with Crippen molar-refractivity contribution in [3.05, 3.63) is 42.1 Å². The first kappa shape index (κ1) is 9.48. The van der Waals surface area contributed by atoms with Crippen LogP contribution in [-0.2, 0) is 11.4 Å². The number of benzene rings is 1. The molecule has 3 nitrogen and oxygen atoms in total. The zero-order valence-electron chi connectivity index (χ0n) is 7.10. The molecule has 0 radical (unpaired) electrons. The number of carbonyl (C=O) groups excluding carboxylic acids is 1. The maximum Gasteiger partial charge on any atom is 0.144 e. The summed E-state index contributed by atoms with van der Waals surface area (Å²) in [6.45, 7) is -0.0158. The van der Waals surface area contributed by atoms with Crippen LogP contribution in [0.1, 0.15) is 5.56 Å². The molecule has 13 heavy (non-hydrogen) atoms. The number of allylic oxidation sites excluding steroid dienone is 1. The molecule has 0 aliphatic carbocycles. The number of para-hydroxylation sites is 1. The Labute approximate surface area is 76.7 Å². The molecule has 0 bridgehead atoms. The van der Waals surface area contributed by atoms with Gasteiger partial charge in [0, 0.05) is 17.5 Å². The van der Waals surface area contributed by atoms with Crippen molar-refractivity contribution in [2.45, 2.75) is 6.61 Å². The molecule has 1 rings (SSSR count). The smallest absolute Gasteiger partial charge is 0.144 e. The molecule has 3 heteroatoms. The number of hydrogen-bond donors (Lipinski definition) is 2. The van der Waals surface area contributed by atoms with Gasteiger partial charge in [0.05, 0.1) is 6.61 Å². The van der Waals surface area contributed by atoms with E-state index in [4.69, 9.17) is 5.11 Å². The topological polar surface area (TPSA) is 49.3 Å². The predicted octanol–water partition coefficient (Wildman–Crippen LogP) is 1.30. The first-order valence-electron chi connectivity index (χ1n) is 3.94. The molecule has 0 aliphatic heterocycles. The van der Waals surface area contributed by atoms with Gasteiger partial charge in [0.1, 0.15) is 6.29 Å². The van der Waals surface area contributed by atoms with Crippen LogP contribution >= 0.6 is 0 Å². The number of rotatable bonds is 4. The van der Waals surface area contributed by atoms with Gasteiger partial charge in [-0.3, -0.25) is 4.79 Å². The third-order valence-corrected chi connectivity index (χ3v) is 1.60. The number of aliphatic hydroxyl groups is 1.